The molecule has 5 heteroatoms. The van der Waals surface area contributed by atoms with Gasteiger partial charge >= 0.3 is 6.02 Å². The van der Waals surface area contributed by atoms with Crippen LogP contribution in [0.25, 0.3) is 6.08 Å². The predicted octanol–water partition coefficient (Wildman–Crippen LogP) is 7.63. The van der Waals surface area contributed by atoms with Crippen molar-refractivity contribution in [3.05, 3.63) is 126 Å². The molecule has 184 valence electrons. The Morgan fingerprint density at radius 3 is 1.92 bits per heavy atom. The van der Waals surface area contributed by atoms with E-state index in [0.29, 0.717) is 12.6 Å². The minimum atomic E-state index is -0.186. The van der Waals surface area contributed by atoms with Crippen LogP contribution in [0.3, 0.4) is 0 Å². The van der Waals surface area contributed by atoms with E-state index in [4.69, 9.17) is 4.74 Å². The third-order valence-corrected chi connectivity index (χ3v) is 6.27. The highest BCUT2D eigenvalue weighted by molar-refractivity contribution is 6.11. The molecule has 37 heavy (non-hydrogen) atoms. The van der Waals surface area contributed by atoms with Crippen LogP contribution in [0, 0.1) is 0 Å². The Balaban J connectivity index is 1.44. The number of likely N-dealkylation sites (N-methyl/N-ethyl adjacent to an activating group) is 1. The Labute approximate surface area is 218 Å². The summed E-state index contributed by atoms with van der Waals surface area (Å²) in [6.07, 6.45) is 2.63. The van der Waals surface area contributed by atoms with E-state index in [1.807, 2.05) is 79.7 Å². The van der Waals surface area contributed by atoms with Gasteiger partial charge < -0.3 is 9.64 Å². The zero-order valence-corrected chi connectivity index (χ0v) is 21.0. The lowest BCUT2D eigenvalue weighted by Gasteiger charge is -2.25. The summed E-state index contributed by atoms with van der Waals surface area (Å²) >= 11 is 0. The number of amides is 1. The molecule has 1 amide bonds. The number of para-hydroxylation sites is 3. The topological polar surface area (TPSA) is 45.1 Å². The normalized spacial score (nSPS) is 15.3. The fraction of sp³-hybridized carbons (Fsp3) is 0.125. The number of benzene rings is 4. The van der Waals surface area contributed by atoms with Gasteiger partial charge in [0.15, 0.2) is 5.76 Å². The number of nitrogens with zero attached hydrogens (tertiary/aromatic N) is 3. The van der Waals surface area contributed by atoms with Gasteiger partial charge in [-0.3, -0.25) is 9.69 Å². The van der Waals surface area contributed by atoms with Crippen LogP contribution in [0.2, 0.25) is 0 Å². The number of hydrogen-bond acceptors (Lipinski definition) is 4. The predicted molar refractivity (Wildman–Crippen MR) is 150 cm³/mol. The molecule has 4 aromatic rings. The molecule has 5 rings (SSSR count). The third-order valence-electron chi connectivity index (χ3n) is 6.27. The minimum absolute atomic E-state index is 0.186. The second-order valence-electron chi connectivity index (χ2n) is 8.63. The molecule has 1 heterocycles. The van der Waals surface area contributed by atoms with Crippen molar-refractivity contribution in [1.29, 1.82) is 0 Å². The quantitative estimate of drug-likeness (QED) is 0.252. The lowest BCUT2D eigenvalue weighted by atomic mass is 10.1. The van der Waals surface area contributed by atoms with E-state index < -0.39 is 0 Å². The number of carbonyl (C=O) groups is 1. The SMILES string of the molecule is CCc1ccccc1N=C1O/C(=C/c2ccc(N(c3ccccc3)c3ccccc3)cc2)C(=O)N1CC. The maximum absolute atomic E-state index is 13.1. The summed E-state index contributed by atoms with van der Waals surface area (Å²) < 4.78 is 5.98. The molecule has 1 aliphatic rings. The number of aryl methyl sites for hydroxylation is 1. The number of amidine groups is 1. The monoisotopic (exact) mass is 487 g/mol. The average molecular weight is 488 g/mol. The van der Waals surface area contributed by atoms with Gasteiger partial charge in [-0.05, 0) is 73.0 Å². The summed E-state index contributed by atoms with van der Waals surface area (Å²) in [5.74, 6) is 0.0832. The third kappa shape index (κ3) is 5.16. The van der Waals surface area contributed by atoms with Crippen LogP contribution in [0.4, 0.5) is 22.7 Å². The molecule has 1 fully saturated rings. The molecular weight excluding hydrogens is 458 g/mol. The number of aliphatic imine (C=N–C) groups is 1. The summed E-state index contributed by atoms with van der Waals surface area (Å²) in [6.45, 7) is 4.48. The second-order valence-corrected chi connectivity index (χ2v) is 8.63. The first-order valence-electron chi connectivity index (χ1n) is 12.6. The molecule has 1 saturated heterocycles. The van der Waals surface area contributed by atoms with Crippen LogP contribution < -0.4 is 4.90 Å². The van der Waals surface area contributed by atoms with E-state index in [0.717, 1.165) is 40.3 Å². The van der Waals surface area contributed by atoms with Crippen molar-refractivity contribution in [2.75, 3.05) is 11.4 Å². The molecule has 4 aromatic carbocycles. The first kappa shape index (κ1) is 24.1. The van der Waals surface area contributed by atoms with E-state index in [9.17, 15) is 4.79 Å². The molecular formula is C32H29N3O2. The van der Waals surface area contributed by atoms with Gasteiger partial charge in [-0.2, -0.15) is 4.99 Å². The fourth-order valence-corrected chi connectivity index (χ4v) is 4.36. The average Bonchev–Trinajstić information content (AvgIpc) is 3.24. The Kier molecular flexibility index (Phi) is 7.13. The second kappa shape index (κ2) is 11.0. The Bertz CT molecular complexity index is 1390. The maximum atomic E-state index is 13.1. The molecule has 0 bridgehead atoms. The van der Waals surface area contributed by atoms with E-state index in [2.05, 4.69) is 53.2 Å². The van der Waals surface area contributed by atoms with Crippen LogP contribution in [0.5, 0.6) is 0 Å². The van der Waals surface area contributed by atoms with Gasteiger partial charge in [0, 0.05) is 23.6 Å². The molecule has 5 nitrogen and oxygen atoms in total. The number of anilines is 3. The zero-order valence-electron chi connectivity index (χ0n) is 21.0. The van der Waals surface area contributed by atoms with Crippen LogP contribution in [-0.2, 0) is 16.0 Å². The van der Waals surface area contributed by atoms with Crippen molar-refractivity contribution in [1.82, 2.24) is 4.90 Å². The lowest BCUT2D eigenvalue weighted by molar-refractivity contribution is -0.122. The smallest absolute Gasteiger partial charge is 0.305 e. The van der Waals surface area contributed by atoms with E-state index >= 15 is 0 Å². The van der Waals surface area contributed by atoms with E-state index in [1.54, 1.807) is 11.0 Å². The van der Waals surface area contributed by atoms with Crippen molar-refractivity contribution in [2.45, 2.75) is 20.3 Å². The first-order valence-corrected chi connectivity index (χ1v) is 12.6. The molecule has 0 saturated carbocycles. The number of ether oxygens (including phenoxy) is 1. The van der Waals surface area contributed by atoms with Gasteiger partial charge in [0.2, 0.25) is 0 Å². The van der Waals surface area contributed by atoms with Crippen molar-refractivity contribution in [3.8, 4) is 0 Å². The summed E-state index contributed by atoms with van der Waals surface area (Å²) in [4.78, 5) is 21.5. The molecule has 1 aliphatic heterocycles. The fourth-order valence-electron chi connectivity index (χ4n) is 4.36. The Morgan fingerprint density at radius 2 is 1.32 bits per heavy atom. The van der Waals surface area contributed by atoms with Crippen molar-refractivity contribution >= 4 is 40.8 Å². The molecule has 0 atom stereocenters. The maximum Gasteiger partial charge on any atom is 0.305 e. The van der Waals surface area contributed by atoms with Crippen LogP contribution in [0.15, 0.2) is 120 Å². The first-order chi connectivity index (χ1) is 18.2. The van der Waals surface area contributed by atoms with Crippen LogP contribution >= 0.6 is 0 Å². The highest BCUT2D eigenvalue weighted by atomic mass is 16.5. The molecule has 0 aliphatic carbocycles. The van der Waals surface area contributed by atoms with Crippen LogP contribution in [-0.4, -0.2) is 23.4 Å². The standard InChI is InChI=1S/C32H29N3O2/c1-3-25-13-11-12-18-29(25)33-32-34(4-2)31(36)30(37-32)23-24-19-21-28(22-20-24)35(26-14-7-5-8-15-26)27-16-9-6-10-17-27/h5-23H,3-4H2,1-2H3/b30-23+,33-32?. The van der Waals surface area contributed by atoms with Gasteiger partial charge in [-0.25, -0.2) is 0 Å². The molecule has 0 spiro atoms. The number of carbonyl (C=O) groups excluding carboxylic acids is 1. The number of hydrogen-bond donors (Lipinski definition) is 0. The zero-order chi connectivity index (χ0) is 25.6. The van der Waals surface area contributed by atoms with Gasteiger partial charge in [0.1, 0.15) is 0 Å². The highest BCUT2D eigenvalue weighted by Crippen LogP contribution is 2.34. The van der Waals surface area contributed by atoms with E-state index in [1.165, 1.54) is 0 Å². The van der Waals surface area contributed by atoms with Gasteiger partial charge in [-0.1, -0.05) is 73.7 Å². The summed E-state index contributed by atoms with van der Waals surface area (Å²) in [7, 11) is 0. The molecule has 0 radical (unpaired) electrons. The van der Waals surface area contributed by atoms with Crippen molar-refractivity contribution in [2.24, 2.45) is 4.99 Å². The molecule has 0 unspecified atom stereocenters. The Morgan fingerprint density at radius 1 is 0.757 bits per heavy atom. The number of rotatable bonds is 7. The largest absolute Gasteiger partial charge is 0.419 e. The van der Waals surface area contributed by atoms with Gasteiger partial charge in [-0.15, -0.1) is 0 Å². The molecule has 0 N–H and O–H groups in total. The minimum Gasteiger partial charge on any atom is -0.419 e. The highest BCUT2D eigenvalue weighted by Gasteiger charge is 2.33. The van der Waals surface area contributed by atoms with Crippen molar-refractivity contribution in [3.63, 3.8) is 0 Å². The van der Waals surface area contributed by atoms with Gasteiger partial charge in [0.05, 0.1) is 5.69 Å². The summed E-state index contributed by atoms with van der Waals surface area (Å²) in [6, 6.07) is 36.8. The molecule has 0 aromatic heterocycles. The van der Waals surface area contributed by atoms with Crippen LogP contribution in [0.1, 0.15) is 25.0 Å². The summed E-state index contributed by atoms with van der Waals surface area (Å²) in [5.41, 5.74) is 5.96. The van der Waals surface area contributed by atoms with Gasteiger partial charge in [0.25, 0.3) is 5.91 Å². The Hall–Kier alpha value is -4.64. The van der Waals surface area contributed by atoms with E-state index in [-0.39, 0.29) is 11.7 Å². The summed E-state index contributed by atoms with van der Waals surface area (Å²) in [5, 5.41) is 0. The van der Waals surface area contributed by atoms with Crippen molar-refractivity contribution < 1.29 is 9.53 Å². The lowest BCUT2D eigenvalue weighted by Crippen LogP contribution is -2.29.